The van der Waals surface area contributed by atoms with Gasteiger partial charge in [0.15, 0.2) is 5.58 Å². The molecule has 1 N–H and O–H groups in total. The Balaban J connectivity index is 1.36. The Kier molecular flexibility index (Phi) is 5.30. The Morgan fingerprint density at radius 3 is 2.87 bits per heavy atom. The minimum atomic E-state index is -0.225. The van der Waals surface area contributed by atoms with Crippen LogP contribution in [0.25, 0.3) is 21.7 Å². The SMILES string of the molecule is COc1cccc(NC(=O)c2cnc(-c3noc4cc(N5CCCCC5)ccc34)s2)c1. The number of ether oxygens (including phenoxy) is 1. The monoisotopic (exact) mass is 434 g/mol. The van der Waals surface area contributed by atoms with Gasteiger partial charge in [-0.25, -0.2) is 4.98 Å². The maximum Gasteiger partial charge on any atom is 0.267 e. The zero-order chi connectivity index (χ0) is 21.2. The van der Waals surface area contributed by atoms with Crippen LogP contribution in [0.5, 0.6) is 5.75 Å². The van der Waals surface area contributed by atoms with Gasteiger partial charge in [-0.1, -0.05) is 11.2 Å². The van der Waals surface area contributed by atoms with Gasteiger partial charge < -0.3 is 19.5 Å². The van der Waals surface area contributed by atoms with E-state index in [1.54, 1.807) is 19.4 Å². The summed E-state index contributed by atoms with van der Waals surface area (Å²) in [5, 5.41) is 8.66. The molecule has 1 fully saturated rings. The third kappa shape index (κ3) is 3.98. The van der Waals surface area contributed by atoms with E-state index in [0.717, 1.165) is 29.7 Å². The highest BCUT2D eigenvalue weighted by Crippen LogP contribution is 2.34. The number of nitrogens with zero attached hydrogens (tertiary/aromatic N) is 3. The summed E-state index contributed by atoms with van der Waals surface area (Å²) in [6, 6.07) is 13.4. The molecule has 1 aliphatic rings. The lowest BCUT2D eigenvalue weighted by atomic mass is 10.1. The number of amides is 1. The molecule has 4 aromatic rings. The lowest BCUT2D eigenvalue weighted by molar-refractivity contribution is 0.103. The molecule has 3 heterocycles. The second-order valence-corrected chi connectivity index (χ2v) is 8.51. The number of thiazole rings is 1. The van der Waals surface area contributed by atoms with Crippen molar-refractivity contribution in [3.63, 3.8) is 0 Å². The molecule has 1 aliphatic heterocycles. The molecule has 0 unspecified atom stereocenters. The summed E-state index contributed by atoms with van der Waals surface area (Å²) in [6.07, 6.45) is 5.31. The van der Waals surface area contributed by atoms with Crippen molar-refractivity contribution in [3.05, 3.63) is 53.5 Å². The quantitative estimate of drug-likeness (QED) is 0.465. The second kappa shape index (κ2) is 8.39. The van der Waals surface area contributed by atoms with Gasteiger partial charge in [0, 0.05) is 36.6 Å². The van der Waals surface area contributed by atoms with Gasteiger partial charge in [0.1, 0.15) is 21.3 Å². The molecule has 2 aromatic heterocycles. The zero-order valence-corrected chi connectivity index (χ0v) is 17.9. The van der Waals surface area contributed by atoms with Gasteiger partial charge in [-0.2, -0.15) is 0 Å². The Morgan fingerprint density at radius 2 is 2.03 bits per heavy atom. The minimum absolute atomic E-state index is 0.225. The number of nitrogens with one attached hydrogen (secondary N) is 1. The first kappa shape index (κ1) is 19.6. The van der Waals surface area contributed by atoms with Gasteiger partial charge in [0.05, 0.1) is 18.7 Å². The fourth-order valence-corrected chi connectivity index (χ4v) is 4.62. The lowest BCUT2D eigenvalue weighted by Crippen LogP contribution is -2.29. The van der Waals surface area contributed by atoms with E-state index in [4.69, 9.17) is 9.26 Å². The van der Waals surface area contributed by atoms with Crippen molar-refractivity contribution in [2.75, 3.05) is 30.4 Å². The third-order valence-electron chi connectivity index (χ3n) is 5.44. The van der Waals surface area contributed by atoms with Gasteiger partial charge >= 0.3 is 0 Å². The van der Waals surface area contributed by atoms with Crippen LogP contribution in [0.4, 0.5) is 11.4 Å². The van der Waals surface area contributed by atoms with E-state index < -0.39 is 0 Å². The van der Waals surface area contributed by atoms with Crippen molar-refractivity contribution in [3.8, 4) is 16.5 Å². The Hall–Kier alpha value is -3.39. The summed E-state index contributed by atoms with van der Waals surface area (Å²) in [5.41, 5.74) is 3.21. The van der Waals surface area contributed by atoms with Crippen LogP contribution in [0, 0.1) is 0 Å². The third-order valence-corrected chi connectivity index (χ3v) is 6.44. The van der Waals surface area contributed by atoms with Crippen LogP contribution in [0.15, 0.2) is 53.2 Å². The topological polar surface area (TPSA) is 80.5 Å². The van der Waals surface area contributed by atoms with Crippen molar-refractivity contribution in [1.82, 2.24) is 10.1 Å². The Bertz CT molecular complexity index is 1230. The molecule has 7 nitrogen and oxygen atoms in total. The first-order chi connectivity index (χ1) is 15.2. The predicted molar refractivity (Wildman–Crippen MR) is 122 cm³/mol. The molecular weight excluding hydrogens is 412 g/mol. The van der Waals surface area contributed by atoms with E-state index in [9.17, 15) is 4.79 Å². The average Bonchev–Trinajstić information content (AvgIpc) is 3.46. The molecule has 0 radical (unpaired) electrons. The predicted octanol–water partition coefficient (Wildman–Crippen LogP) is 5.20. The van der Waals surface area contributed by atoms with Crippen LogP contribution < -0.4 is 15.0 Å². The van der Waals surface area contributed by atoms with Crippen molar-refractivity contribution in [2.45, 2.75) is 19.3 Å². The number of carbonyl (C=O) groups excluding carboxylic acids is 1. The van der Waals surface area contributed by atoms with E-state index in [2.05, 4.69) is 26.4 Å². The molecule has 0 spiro atoms. The van der Waals surface area contributed by atoms with Gasteiger partial charge in [0.2, 0.25) is 0 Å². The van der Waals surface area contributed by atoms with Gasteiger partial charge in [-0.15, -0.1) is 11.3 Å². The number of piperidine rings is 1. The van der Waals surface area contributed by atoms with Crippen LogP contribution in [0.2, 0.25) is 0 Å². The number of methoxy groups -OCH3 is 1. The Labute approximate surface area is 183 Å². The number of carbonyl (C=O) groups is 1. The van der Waals surface area contributed by atoms with Crippen LogP contribution in [0.1, 0.15) is 28.9 Å². The van der Waals surface area contributed by atoms with Gasteiger partial charge in [-0.05, 0) is 43.5 Å². The molecule has 5 rings (SSSR count). The van der Waals surface area contributed by atoms with Gasteiger partial charge in [0.25, 0.3) is 5.91 Å². The van der Waals surface area contributed by atoms with E-state index in [1.165, 1.54) is 30.6 Å². The first-order valence-electron chi connectivity index (χ1n) is 10.3. The number of rotatable bonds is 5. The number of fused-ring (bicyclic) bond motifs is 1. The number of anilines is 2. The summed E-state index contributed by atoms with van der Waals surface area (Å²) < 4.78 is 10.8. The maximum atomic E-state index is 12.6. The highest BCUT2D eigenvalue weighted by Gasteiger charge is 2.19. The minimum Gasteiger partial charge on any atom is -0.497 e. The molecule has 2 aromatic carbocycles. The average molecular weight is 435 g/mol. The molecule has 0 atom stereocenters. The highest BCUT2D eigenvalue weighted by molar-refractivity contribution is 7.17. The van der Waals surface area contributed by atoms with E-state index >= 15 is 0 Å². The van der Waals surface area contributed by atoms with Gasteiger partial charge in [-0.3, -0.25) is 4.79 Å². The van der Waals surface area contributed by atoms with E-state index in [1.807, 2.05) is 30.3 Å². The summed E-state index contributed by atoms with van der Waals surface area (Å²) in [6.45, 7) is 2.15. The number of hydrogen-bond donors (Lipinski definition) is 1. The molecule has 0 bridgehead atoms. The molecule has 0 aliphatic carbocycles. The molecule has 0 saturated carbocycles. The van der Waals surface area contributed by atoms with Crippen molar-refractivity contribution in [2.24, 2.45) is 0 Å². The molecule has 1 saturated heterocycles. The normalized spacial score (nSPS) is 14.0. The largest absolute Gasteiger partial charge is 0.497 e. The fraction of sp³-hybridized carbons (Fsp3) is 0.261. The maximum absolute atomic E-state index is 12.6. The summed E-state index contributed by atoms with van der Waals surface area (Å²) in [5.74, 6) is 0.456. The molecule has 31 heavy (non-hydrogen) atoms. The number of benzene rings is 2. The van der Waals surface area contributed by atoms with Crippen LogP contribution in [0.3, 0.4) is 0 Å². The molecule has 1 amide bonds. The van der Waals surface area contributed by atoms with Crippen molar-refractivity contribution in [1.29, 1.82) is 0 Å². The lowest BCUT2D eigenvalue weighted by Gasteiger charge is -2.28. The molecule has 8 heteroatoms. The van der Waals surface area contributed by atoms with Crippen LogP contribution in [-0.2, 0) is 0 Å². The van der Waals surface area contributed by atoms with E-state index in [-0.39, 0.29) is 5.91 Å². The summed E-state index contributed by atoms with van der Waals surface area (Å²) >= 11 is 1.29. The van der Waals surface area contributed by atoms with Crippen molar-refractivity contribution < 1.29 is 14.1 Å². The van der Waals surface area contributed by atoms with Crippen molar-refractivity contribution >= 4 is 39.6 Å². The first-order valence-corrected chi connectivity index (χ1v) is 11.1. The molecule has 158 valence electrons. The molecular formula is C23H22N4O3S. The fourth-order valence-electron chi connectivity index (χ4n) is 3.81. The smallest absolute Gasteiger partial charge is 0.267 e. The number of hydrogen-bond acceptors (Lipinski definition) is 7. The summed E-state index contributed by atoms with van der Waals surface area (Å²) in [7, 11) is 1.59. The zero-order valence-electron chi connectivity index (χ0n) is 17.1. The van der Waals surface area contributed by atoms with Crippen LogP contribution in [-0.4, -0.2) is 36.2 Å². The standard InChI is InChI=1S/C23H22N4O3S/c1-29-17-7-5-6-15(12-17)25-22(28)20-14-24-23(31-20)21-18-9-8-16(13-19(18)30-26-21)27-10-3-2-4-11-27/h5-9,12-14H,2-4,10-11H2,1H3,(H,25,28). The highest BCUT2D eigenvalue weighted by atomic mass is 32.1. The van der Waals surface area contributed by atoms with E-state index in [0.29, 0.717) is 27.0 Å². The second-order valence-electron chi connectivity index (χ2n) is 7.48. The van der Waals surface area contributed by atoms with Crippen LogP contribution >= 0.6 is 11.3 Å². The number of aromatic nitrogens is 2. The summed E-state index contributed by atoms with van der Waals surface area (Å²) in [4.78, 5) is 20.0. The Morgan fingerprint density at radius 1 is 1.16 bits per heavy atom.